The van der Waals surface area contributed by atoms with Gasteiger partial charge in [0.2, 0.25) is 11.5 Å². The van der Waals surface area contributed by atoms with Crippen molar-refractivity contribution in [2.75, 3.05) is 18.5 Å². The number of nitrogens with one attached hydrogen (secondary N) is 1. The third kappa shape index (κ3) is 3.49. The molecule has 0 radical (unpaired) electrons. The van der Waals surface area contributed by atoms with Gasteiger partial charge >= 0.3 is 6.18 Å². The Bertz CT molecular complexity index is 1040. The van der Waals surface area contributed by atoms with Gasteiger partial charge in [-0.25, -0.2) is 9.97 Å². The van der Waals surface area contributed by atoms with Crippen LogP contribution in [0.2, 0.25) is 0 Å². The second kappa shape index (κ2) is 6.88. The molecule has 2 N–H and O–H groups in total. The Morgan fingerprint density at radius 1 is 1.31 bits per heavy atom. The fourth-order valence-corrected chi connectivity index (χ4v) is 3.88. The Balaban J connectivity index is 1.57. The molecule has 0 aliphatic carbocycles. The number of carbonyl (C=O) groups excluding carboxylic acids is 1. The first-order chi connectivity index (χ1) is 13.7. The van der Waals surface area contributed by atoms with Gasteiger partial charge in [0.05, 0.1) is 16.6 Å². The van der Waals surface area contributed by atoms with Crippen molar-refractivity contribution >= 4 is 32.6 Å². The largest absolute Gasteiger partial charge is 0.486 e. The van der Waals surface area contributed by atoms with Crippen LogP contribution in [0.1, 0.15) is 12.2 Å². The molecule has 1 aliphatic rings. The highest BCUT2D eigenvalue weighted by Gasteiger charge is 2.58. The molecular formula is C17H15F3N4O4S. The van der Waals surface area contributed by atoms with E-state index in [2.05, 4.69) is 15.3 Å². The number of hydrogen-bond acceptors (Lipinski definition) is 7. The first-order valence-corrected chi connectivity index (χ1v) is 9.26. The van der Waals surface area contributed by atoms with Gasteiger partial charge in [-0.1, -0.05) is 11.3 Å². The summed E-state index contributed by atoms with van der Waals surface area (Å²) >= 11 is 1.07. The molecular weight excluding hydrogens is 413 g/mol. The fourth-order valence-electron chi connectivity index (χ4n) is 2.98. The number of rotatable bonds is 4. The summed E-state index contributed by atoms with van der Waals surface area (Å²) in [7, 11) is 1.30. The Morgan fingerprint density at radius 2 is 2.00 bits per heavy atom. The molecule has 1 amide bonds. The molecule has 0 fully saturated rings. The lowest BCUT2D eigenvalue weighted by Gasteiger charge is -2.29. The number of amides is 1. The van der Waals surface area contributed by atoms with Crippen molar-refractivity contribution in [3.63, 3.8) is 0 Å². The summed E-state index contributed by atoms with van der Waals surface area (Å²) in [4.78, 5) is 20.1. The van der Waals surface area contributed by atoms with E-state index in [1.807, 2.05) is 0 Å². The highest BCUT2D eigenvalue weighted by atomic mass is 32.1. The predicted molar refractivity (Wildman–Crippen MR) is 97.0 cm³/mol. The van der Waals surface area contributed by atoms with Gasteiger partial charge in [0.1, 0.15) is 13.2 Å². The van der Waals surface area contributed by atoms with E-state index in [9.17, 15) is 23.1 Å². The molecule has 0 saturated heterocycles. The number of benzene rings is 1. The summed E-state index contributed by atoms with van der Waals surface area (Å²) in [6, 6.07) is 3.33. The van der Waals surface area contributed by atoms with E-state index in [0.717, 1.165) is 22.1 Å². The monoisotopic (exact) mass is 428 g/mol. The van der Waals surface area contributed by atoms with Crippen molar-refractivity contribution in [2.24, 2.45) is 7.05 Å². The van der Waals surface area contributed by atoms with E-state index in [-0.39, 0.29) is 5.13 Å². The number of fused-ring (bicyclic) bond motifs is 2. The third-order valence-electron chi connectivity index (χ3n) is 4.38. The third-order valence-corrected chi connectivity index (χ3v) is 5.31. The smallest absolute Gasteiger partial charge is 0.425 e. The van der Waals surface area contributed by atoms with Crippen LogP contribution < -0.4 is 14.8 Å². The van der Waals surface area contributed by atoms with Gasteiger partial charge in [-0.05, 0) is 0 Å². The summed E-state index contributed by atoms with van der Waals surface area (Å²) in [6.45, 7) is 0.805. The molecule has 29 heavy (non-hydrogen) atoms. The second-order valence-electron chi connectivity index (χ2n) is 6.43. The molecule has 4 rings (SSSR count). The quantitative estimate of drug-likeness (QED) is 0.663. The molecule has 1 aliphatic heterocycles. The van der Waals surface area contributed by atoms with Crippen LogP contribution in [0.3, 0.4) is 0 Å². The summed E-state index contributed by atoms with van der Waals surface area (Å²) in [5.41, 5.74) is -2.93. The SMILES string of the molecule is Cn1ccnc1C(O)(CC(=O)Nc1nc2cc3c(cc2s1)OCCO3)C(F)(F)F. The van der Waals surface area contributed by atoms with Crippen LogP contribution in [0.15, 0.2) is 24.5 Å². The van der Waals surface area contributed by atoms with E-state index >= 15 is 0 Å². The zero-order valence-corrected chi connectivity index (χ0v) is 15.8. The highest BCUT2D eigenvalue weighted by molar-refractivity contribution is 7.22. The average Bonchev–Trinajstić information content (AvgIpc) is 3.23. The lowest BCUT2D eigenvalue weighted by molar-refractivity contribution is -0.270. The molecule has 1 atom stereocenters. The van der Waals surface area contributed by atoms with E-state index in [4.69, 9.17) is 9.47 Å². The topological polar surface area (TPSA) is 98.5 Å². The number of alkyl halides is 3. The van der Waals surface area contributed by atoms with Gasteiger partial charge in [-0.2, -0.15) is 13.2 Å². The first kappa shape index (κ1) is 19.5. The Hall–Kier alpha value is -2.86. The molecule has 154 valence electrons. The van der Waals surface area contributed by atoms with Crippen LogP contribution in [0, 0.1) is 0 Å². The number of anilines is 1. The molecule has 0 bridgehead atoms. The minimum absolute atomic E-state index is 0.0942. The number of aliphatic hydroxyl groups is 1. The number of carbonyl (C=O) groups is 1. The Kier molecular flexibility index (Phi) is 4.62. The lowest BCUT2D eigenvalue weighted by Crippen LogP contribution is -2.46. The standard InChI is InChI=1S/C17H15F3N4O4S/c1-24-3-2-21-14(24)16(26,17(18,19)20)8-13(25)23-15-22-9-6-10-11(7-12(9)29-15)28-5-4-27-10/h2-3,6-7,26H,4-5,8H2,1H3,(H,22,23,25). The number of ether oxygens (including phenoxy) is 2. The minimum atomic E-state index is -5.11. The number of aryl methyl sites for hydroxylation is 1. The highest BCUT2D eigenvalue weighted by Crippen LogP contribution is 2.41. The van der Waals surface area contributed by atoms with Crippen LogP contribution in [0.5, 0.6) is 11.5 Å². The molecule has 3 heterocycles. The van der Waals surface area contributed by atoms with E-state index in [1.165, 1.54) is 13.2 Å². The number of thiazole rings is 1. The predicted octanol–water partition coefficient (Wildman–Crippen LogP) is 2.58. The molecule has 3 aromatic rings. The van der Waals surface area contributed by atoms with Gasteiger partial charge in [-0.15, -0.1) is 0 Å². The van der Waals surface area contributed by atoms with Crippen LogP contribution in [0.25, 0.3) is 10.2 Å². The van der Waals surface area contributed by atoms with Gasteiger partial charge in [0.25, 0.3) is 0 Å². The van der Waals surface area contributed by atoms with E-state index in [1.54, 1.807) is 12.1 Å². The Morgan fingerprint density at radius 3 is 2.62 bits per heavy atom. The van der Waals surface area contributed by atoms with E-state index in [0.29, 0.717) is 34.9 Å². The second-order valence-corrected chi connectivity index (χ2v) is 7.46. The minimum Gasteiger partial charge on any atom is -0.486 e. The molecule has 0 spiro atoms. The zero-order valence-electron chi connectivity index (χ0n) is 15.0. The van der Waals surface area contributed by atoms with Crippen molar-refractivity contribution in [1.82, 2.24) is 14.5 Å². The van der Waals surface area contributed by atoms with Crippen molar-refractivity contribution in [3.8, 4) is 11.5 Å². The van der Waals surface area contributed by atoms with Gasteiger partial charge < -0.3 is 24.5 Å². The number of imidazole rings is 1. The van der Waals surface area contributed by atoms with Crippen LogP contribution >= 0.6 is 11.3 Å². The maximum atomic E-state index is 13.6. The molecule has 1 unspecified atom stereocenters. The molecule has 8 nitrogen and oxygen atoms in total. The lowest BCUT2D eigenvalue weighted by atomic mass is 9.97. The summed E-state index contributed by atoms with van der Waals surface area (Å²) in [5.74, 6) is -0.685. The van der Waals surface area contributed by atoms with Crippen LogP contribution in [-0.4, -0.2) is 44.9 Å². The molecule has 2 aromatic heterocycles. The number of aromatic nitrogens is 3. The Labute approximate surface area is 165 Å². The fraction of sp³-hybridized carbons (Fsp3) is 0.353. The van der Waals surface area contributed by atoms with Crippen LogP contribution in [-0.2, 0) is 17.4 Å². The molecule has 1 aromatic carbocycles. The normalized spacial score (nSPS) is 15.9. The van der Waals surface area contributed by atoms with Crippen molar-refractivity contribution in [2.45, 2.75) is 18.2 Å². The summed E-state index contributed by atoms with van der Waals surface area (Å²) < 4.78 is 53.3. The summed E-state index contributed by atoms with van der Waals surface area (Å²) in [6.07, 6.45) is -4.00. The van der Waals surface area contributed by atoms with Gasteiger partial charge in [0, 0.05) is 31.6 Å². The van der Waals surface area contributed by atoms with Crippen molar-refractivity contribution < 1.29 is 32.5 Å². The number of nitrogens with zero attached hydrogens (tertiary/aromatic N) is 3. The molecule has 12 heteroatoms. The van der Waals surface area contributed by atoms with Crippen molar-refractivity contribution in [1.29, 1.82) is 0 Å². The summed E-state index contributed by atoms with van der Waals surface area (Å²) in [5, 5.41) is 12.7. The number of halogens is 3. The molecule has 0 saturated carbocycles. The zero-order chi connectivity index (χ0) is 20.8. The first-order valence-electron chi connectivity index (χ1n) is 8.44. The van der Waals surface area contributed by atoms with Crippen LogP contribution in [0.4, 0.5) is 18.3 Å². The average molecular weight is 428 g/mol. The van der Waals surface area contributed by atoms with E-state index < -0.39 is 29.9 Å². The maximum absolute atomic E-state index is 13.6. The van der Waals surface area contributed by atoms with Gasteiger partial charge in [-0.3, -0.25) is 4.79 Å². The number of hydrogen-bond donors (Lipinski definition) is 2. The maximum Gasteiger partial charge on any atom is 0.425 e. The van der Waals surface area contributed by atoms with Crippen molar-refractivity contribution in [3.05, 3.63) is 30.4 Å². The van der Waals surface area contributed by atoms with Gasteiger partial charge in [0.15, 0.2) is 22.5 Å².